The molecule has 0 atom stereocenters. The maximum absolute atomic E-state index is 5.85. The van der Waals surface area contributed by atoms with Gasteiger partial charge in [0.25, 0.3) is 0 Å². The first-order valence-electron chi connectivity index (χ1n) is 7.45. The van der Waals surface area contributed by atoms with Crippen LogP contribution in [0.15, 0.2) is 59.8 Å². The second kappa shape index (κ2) is 7.33. The zero-order valence-corrected chi connectivity index (χ0v) is 14.1. The fourth-order valence-corrected chi connectivity index (χ4v) is 2.80. The van der Waals surface area contributed by atoms with Gasteiger partial charge < -0.3 is 4.74 Å². The molecule has 3 aromatic rings. The molecule has 0 N–H and O–H groups in total. The van der Waals surface area contributed by atoms with Gasteiger partial charge in [0.15, 0.2) is 11.0 Å². The van der Waals surface area contributed by atoms with Crippen molar-refractivity contribution in [1.82, 2.24) is 14.8 Å². The van der Waals surface area contributed by atoms with Crippen LogP contribution >= 0.6 is 11.8 Å². The van der Waals surface area contributed by atoms with Crippen molar-refractivity contribution in [3.63, 3.8) is 0 Å². The minimum atomic E-state index is 0.406. The molecule has 4 nitrogen and oxygen atoms in total. The quantitative estimate of drug-likeness (QED) is 0.644. The lowest BCUT2D eigenvalue weighted by atomic mass is 10.2. The van der Waals surface area contributed by atoms with Gasteiger partial charge in [0.05, 0.1) is 6.54 Å². The monoisotopic (exact) mass is 325 g/mol. The molecule has 1 aromatic heterocycles. The number of thioether (sulfide) groups is 1. The van der Waals surface area contributed by atoms with Crippen LogP contribution in [0.25, 0.3) is 0 Å². The van der Waals surface area contributed by atoms with E-state index >= 15 is 0 Å². The SMILES string of the molecule is CSc1nnc(COc2ccc(C)cc2)n1Cc1ccccc1. The van der Waals surface area contributed by atoms with Gasteiger partial charge in [-0.3, -0.25) is 4.57 Å². The molecule has 3 rings (SSSR count). The largest absolute Gasteiger partial charge is 0.486 e. The van der Waals surface area contributed by atoms with Crippen LogP contribution in [0, 0.1) is 6.92 Å². The predicted molar refractivity (Wildman–Crippen MR) is 92.9 cm³/mol. The first kappa shape index (κ1) is 15.6. The standard InChI is InChI=1S/C18H19N3OS/c1-14-8-10-16(11-9-14)22-13-17-19-20-18(23-2)21(17)12-15-6-4-3-5-7-15/h3-11H,12-13H2,1-2H3. The number of rotatable bonds is 6. The Labute approximate surface area is 140 Å². The van der Waals surface area contributed by atoms with E-state index in [1.807, 2.05) is 48.7 Å². The van der Waals surface area contributed by atoms with E-state index in [1.54, 1.807) is 11.8 Å². The van der Waals surface area contributed by atoms with Gasteiger partial charge in [-0.2, -0.15) is 0 Å². The second-order valence-electron chi connectivity index (χ2n) is 5.28. The fraction of sp³-hybridized carbons (Fsp3) is 0.222. The molecule has 0 saturated carbocycles. The molecule has 0 saturated heterocycles. The Morgan fingerprint density at radius 2 is 1.74 bits per heavy atom. The van der Waals surface area contributed by atoms with Crippen molar-refractivity contribution in [3.8, 4) is 5.75 Å². The molecule has 0 unspecified atom stereocenters. The Hall–Kier alpha value is -2.27. The number of aryl methyl sites for hydroxylation is 1. The highest BCUT2D eigenvalue weighted by Crippen LogP contribution is 2.18. The second-order valence-corrected chi connectivity index (χ2v) is 6.05. The maximum atomic E-state index is 5.85. The van der Waals surface area contributed by atoms with E-state index in [2.05, 4.69) is 33.8 Å². The molecule has 2 aromatic carbocycles. The summed E-state index contributed by atoms with van der Waals surface area (Å²) in [6.07, 6.45) is 2.01. The number of ether oxygens (including phenoxy) is 1. The lowest BCUT2D eigenvalue weighted by Crippen LogP contribution is -2.09. The topological polar surface area (TPSA) is 39.9 Å². The summed E-state index contributed by atoms with van der Waals surface area (Å²) < 4.78 is 7.96. The summed E-state index contributed by atoms with van der Waals surface area (Å²) in [6.45, 7) is 3.21. The van der Waals surface area contributed by atoms with Crippen molar-refractivity contribution < 1.29 is 4.74 Å². The highest BCUT2D eigenvalue weighted by Gasteiger charge is 2.12. The van der Waals surface area contributed by atoms with E-state index in [1.165, 1.54) is 11.1 Å². The molecule has 0 spiro atoms. The number of hydrogen-bond acceptors (Lipinski definition) is 4. The van der Waals surface area contributed by atoms with Crippen LogP contribution in [0.2, 0.25) is 0 Å². The van der Waals surface area contributed by atoms with Crippen LogP contribution in [-0.2, 0) is 13.2 Å². The van der Waals surface area contributed by atoms with Crippen LogP contribution in [0.3, 0.4) is 0 Å². The molecule has 118 valence electrons. The van der Waals surface area contributed by atoms with E-state index < -0.39 is 0 Å². The van der Waals surface area contributed by atoms with Crippen molar-refractivity contribution in [2.24, 2.45) is 0 Å². The molecule has 5 heteroatoms. The van der Waals surface area contributed by atoms with Gasteiger partial charge >= 0.3 is 0 Å². The van der Waals surface area contributed by atoms with Gasteiger partial charge in [-0.1, -0.05) is 59.8 Å². The molecule has 0 aliphatic carbocycles. The third-order valence-electron chi connectivity index (χ3n) is 3.55. The van der Waals surface area contributed by atoms with Crippen LogP contribution in [0.4, 0.5) is 0 Å². The van der Waals surface area contributed by atoms with Gasteiger partial charge in [0.2, 0.25) is 0 Å². The molecule has 0 amide bonds. The first-order chi connectivity index (χ1) is 11.3. The molecule has 0 fully saturated rings. The predicted octanol–water partition coefficient (Wildman–Crippen LogP) is 3.94. The Morgan fingerprint density at radius 3 is 2.43 bits per heavy atom. The maximum Gasteiger partial charge on any atom is 0.191 e. The molecule has 0 aliphatic rings. The molecular formula is C18H19N3OS. The van der Waals surface area contributed by atoms with Crippen molar-refractivity contribution in [2.45, 2.75) is 25.2 Å². The summed E-state index contributed by atoms with van der Waals surface area (Å²) >= 11 is 1.59. The molecule has 0 aliphatic heterocycles. The van der Waals surface area contributed by atoms with Crippen LogP contribution < -0.4 is 4.74 Å². The molecular weight excluding hydrogens is 306 g/mol. The minimum absolute atomic E-state index is 0.406. The Morgan fingerprint density at radius 1 is 1.00 bits per heavy atom. The van der Waals surface area contributed by atoms with Crippen molar-refractivity contribution in [2.75, 3.05) is 6.26 Å². The average Bonchev–Trinajstić information content (AvgIpc) is 2.97. The lowest BCUT2D eigenvalue weighted by Gasteiger charge is -2.10. The van der Waals surface area contributed by atoms with E-state index in [-0.39, 0.29) is 0 Å². The summed E-state index contributed by atoms with van der Waals surface area (Å²) in [6, 6.07) is 18.3. The Balaban J connectivity index is 1.76. The Kier molecular flexibility index (Phi) is 4.98. The average molecular weight is 325 g/mol. The summed E-state index contributed by atoms with van der Waals surface area (Å²) in [5, 5.41) is 9.44. The summed E-state index contributed by atoms with van der Waals surface area (Å²) in [7, 11) is 0. The molecule has 1 heterocycles. The summed E-state index contributed by atoms with van der Waals surface area (Å²) in [5.41, 5.74) is 2.44. The lowest BCUT2D eigenvalue weighted by molar-refractivity contribution is 0.289. The summed E-state index contributed by atoms with van der Waals surface area (Å²) in [4.78, 5) is 0. The zero-order chi connectivity index (χ0) is 16.1. The van der Waals surface area contributed by atoms with Crippen molar-refractivity contribution >= 4 is 11.8 Å². The van der Waals surface area contributed by atoms with Gasteiger partial charge in [0.1, 0.15) is 12.4 Å². The Bertz CT molecular complexity index is 754. The third-order valence-corrected chi connectivity index (χ3v) is 4.22. The smallest absolute Gasteiger partial charge is 0.191 e. The number of aromatic nitrogens is 3. The van der Waals surface area contributed by atoms with Crippen LogP contribution in [0.5, 0.6) is 5.75 Å². The first-order valence-corrected chi connectivity index (χ1v) is 8.68. The molecule has 0 radical (unpaired) electrons. The molecule has 0 bridgehead atoms. The zero-order valence-electron chi connectivity index (χ0n) is 13.3. The normalized spacial score (nSPS) is 10.7. The van der Waals surface area contributed by atoms with Gasteiger partial charge in [0, 0.05) is 0 Å². The number of nitrogens with zero attached hydrogens (tertiary/aromatic N) is 3. The van der Waals surface area contributed by atoms with E-state index in [0.29, 0.717) is 6.61 Å². The van der Waals surface area contributed by atoms with E-state index in [4.69, 9.17) is 4.74 Å². The van der Waals surface area contributed by atoms with Gasteiger partial charge in [-0.05, 0) is 30.9 Å². The van der Waals surface area contributed by atoms with E-state index in [9.17, 15) is 0 Å². The van der Waals surface area contributed by atoms with Gasteiger partial charge in [-0.15, -0.1) is 10.2 Å². The van der Waals surface area contributed by atoms with Crippen LogP contribution in [0.1, 0.15) is 17.0 Å². The summed E-state index contributed by atoms with van der Waals surface area (Å²) in [5.74, 6) is 1.68. The third kappa shape index (κ3) is 3.93. The highest BCUT2D eigenvalue weighted by molar-refractivity contribution is 7.98. The van der Waals surface area contributed by atoms with E-state index in [0.717, 1.165) is 23.3 Å². The van der Waals surface area contributed by atoms with Crippen molar-refractivity contribution in [3.05, 3.63) is 71.5 Å². The fourth-order valence-electron chi connectivity index (χ4n) is 2.28. The number of benzene rings is 2. The van der Waals surface area contributed by atoms with Crippen LogP contribution in [-0.4, -0.2) is 21.0 Å². The minimum Gasteiger partial charge on any atom is -0.486 e. The van der Waals surface area contributed by atoms with Gasteiger partial charge in [-0.25, -0.2) is 0 Å². The molecule has 23 heavy (non-hydrogen) atoms. The number of hydrogen-bond donors (Lipinski definition) is 0. The highest BCUT2D eigenvalue weighted by atomic mass is 32.2. The van der Waals surface area contributed by atoms with Crippen molar-refractivity contribution in [1.29, 1.82) is 0 Å².